The molecule has 2 heterocycles. The fourth-order valence-corrected chi connectivity index (χ4v) is 7.10. The summed E-state index contributed by atoms with van der Waals surface area (Å²) in [6.45, 7) is 16.7. The second kappa shape index (κ2) is 14.5. The lowest BCUT2D eigenvalue weighted by atomic mass is 9.78. The molecule has 0 saturated carbocycles. The predicted molar refractivity (Wildman–Crippen MR) is 235 cm³/mol. The van der Waals surface area contributed by atoms with E-state index in [-0.39, 0.29) is 36.6 Å². The summed E-state index contributed by atoms with van der Waals surface area (Å²) in [5.74, 6) is 0. The summed E-state index contributed by atoms with van der Waals surface area (Å²) in [7, 11) is -0.701. The van der Waals surface area contributed by atoms with Gasteiger partial charge in [-0.3, -0.25) is 0 Å². The van der Waals surface area contributed by atoms with E-state index < -0.39 is 0 Å². The van der Waals surface area contributed by atoms with Gasteiger partial charge in [0, 0.05) is 0 Å². The molecule has 280 valence electrons. The Morgan fingerprint density at radius 1 is 0.286 bits per heavy atom. The smallest absolute Gasteiger partial charge is 0.399 e. The molecule has 0 radical (unpaired) electrons. The van der Waals surface area contributed by atoms with E-state index in [2.05, 4.69) is 213 Å². The highest BCUT2D eigenvalue weighted by molar-refractivity contribution is 6.62. The number of hydrogen-bond acceptors (Lipinski definition) is 4. The molecule has 0 unspecified atom stereocenters. The number of benzene rings is 6. The normalized spacial score (nSPS) is 18.1. The van der Waals surface area contributed by atoms with Crippen molar-refractivity contribution < 1.29 is 18.6 Å². The van der Waals surface area contributed by atoms with Crippen LogP contribution in [0.25, 0.3) is 56.7 Å². The minimum atomic E-state index is -0.351. The molecule has 0 amide bonds. The number of rotatable bonds is 8. The van der Waals surface area contributed by atoms with Gasteiger partial charge in [-0.25, -0.2) is 0 Å². The Hall–Kier alpha value is -4.97. The Morgan fingerprint density at radius 2 is 0.464 bits per heavy atom. The van der Waals surface area contributed by atoms with Crippen molar-refractivity contribution in [2.75, 3.05) is 0 Å². The zero-order valence-electron chi connectivity index (χ0n) is 33.8. The van der Waals surface area contributed by atoms with Crippen LogP contribution >= 0.6 is 0 Å². The zero-order chi connectivity index (χ0) is 39.3. The molecule has 0 spiro atoms. The highest BCUT2D eigenvalue weighted by Crippen LogP contribution is 2.38. The predicted octanol–water partition coefficient (Wildman–Crippen LogP) is 11.1. The fourth-order valence-electron chi connectivity index (χ4n) is 7.10. The topological polar surface area (TPSA) is 36.9 Å². The highest BCUT2D eigenvalue weighted by Gasteiger charge is 2.52. The molecule has 6 aromatic carbocycles. The standard InChI is InChI=1S/C50H50B2O4/c1-47(2)48(3,4)54-51(53-47)45-31-27-43(28-32-45)41-23-19-39(20-24-41)37-15-11-35(12-16-37)9-10-36-13-17-38(18-14-36)40-21-25-42(26-22-40)44-29-33-46(34-30-44)52-55-49(5,6)50(7,8)56-52/h9-34H,1-8H3/b10-9-. The molecular weight excluding hydrogens is 686 g/mol. The molecule has 0 bridgehead atoms. The maximum absolute atomic E-state index is 6.23. The minimum absolute atomic E-state index is 0.350. The van der Waals surface area contributed by atoms with E-state index in [0.717, 1.165) is 22.1 Å². The van der Waals surface area contributed by atoms with Gasteiger partial charge in [-0.15, -0.1) is 0 Å². The Labute approximate surface area is 333 Å². The van der Waals surface area contributed by atoms with Crippen molar-refractivity contribution in [3.63, 3.8) is 0 Å². The summed E-state index contributed by atoms with van der Waals surface area (Å²) in [5, 5.41) is 0. The Kier molecular flexibility index (Phi) is 9.83. The van der Waals surface area contributed by atoms with E-state index in [9.17, 15) is 0 Å². The molecular formula is C50H50B2O4. The third kappa shape index (κ3) is 7.60. The molecule has 2 fully saturated rings. The highest BCUT2D eigenvalue weighted by atomic mass is 16.7. The third-order valence-corrected chi connectivity index (χ3v) is 12.3. The molecule has 2 aliphatic rings. The van der Waals surface area contributed by atoms with E-state index >= 15 is 0 Å². The third-order valence-electron chi connectivity index (χ3n) is 12.3. The van der Waals surface area contributed by atoms with E-state index in [1.807, 2.05) is 0 Å². The van der Waals surface area contributed by atoms with Crippen LogP contribution in [0.2, 0.25) is 0 Å². The Morgan fingerprint density at radius 3 is 0.679 bits per heavy atom. The molecule has 2 aliphatic heterocycles. The van der Waals surface area contributed by atoms with Gasteiger partial charge in [-0.1, -0.05) is 158 Å². The van der Waals surface area contributed by atoms with Crippen molar-refractivity contribution in [1.29, 1.82) is 0 Å². The molecule has 0 atom stereocenters. The van der Waals surface area contributed by atoms with Crippen LogP contribution in [0.3, 0.4) is 0 Å². The van der Waals surface area contributed by atoms with E-state index in [4.69, 9.17) is 18.6 Å². The average molecular weight is 737 g/mol. The lowest BCUT2D eigenvalue weighted by Gasteiger charge is -2.32. The van der Waals surface area contributed by atoms with Gasteiger partial charge in [0.15, 0.2) is 0 Å². The second-order valence-corrected chi connectivity index (χ2v) is 17.2. The first-order valence-corrected chi connectivity index (χ1v) is 19.7. The largest absolute Gasteiger partial charge is 0.494 e. The van der Waals surface area contributed by atoms with Crippen LogP contribution in [0.15, 0.2) is 146 Å². The van der Waals surface area contributed by atoms with Gasteiger partial charge in [0.2, 0.25) is 0 Å². The van der Waals surface area contributed by atoms with E-state index in [1.54, 1.807) is 0 Å². The van der Waals surface area contributed by atoms with Crippen LogP contribution in [0.4, 0.5) is 0 Å². The van der Waals surface area contributed by atoms with Gasteiger partial charge in [0.1, 0.15) is 0 Å². The van der Waals surface area contributed by atoms with Crippen LogP contribution in [0.5, 0.6) is 0 Å². The fraction of sp³-hybridized carbons (Fsp3) is 0.240. The Bertz CT molecular complexity index is 2120. The van der Waals surface area contributed by atoms with Crippen molar-refractivity contribution in [2.24, 2.45) is 0 Å². The first kappa shape index (κ1) is 37.9. The Balaban J connectivity index is 0.856. The van der Waals surface area contributed by atoms with Gasteiger partial charge >= 0.3 is 14.2 Å². The molecule has 6 heteroatoms. The first-order valence-electron chi connectivity index (χ1n) is 19.7. The lowest BCUT2D eigenvalue weighted by Crippen LogP contribution is -2.41. The van der Waals surface area contributed by atoms with Gasteiger partial charge in [0.25, 0.3) is 0 Å². The molecule has 0 aromatic heterocycles. The summed E-state index contributed by atoms with van der Waals surface area (Å²) in [6.07, 6.45) is 4.34. The maximum atomic E-state index is 6.23. The monoisotopic (exact) mass is 736 g/mol. The lowest BCUT2D eigenvalue weighted by molar-refractivity contribution is 0.00578. The summed E-state index contributed by atoms with van der Waals surface area (Å²) < 4.78 is 24.9. The number of hydrogen-bond donors (Lipinski definition) is 0. The molecule has 8 rings (SSSR count). The average Bonchev–Trinajstić information content (AvgIpc) is 3.57. The van der Waals surface area contributed by atoms with Crippen molar-refractivity contribution in [3.05, 3.63) is 157 Å². The van der Waals surface area contributed by atoms with Crippen LogP contribution in [0, 0.1) is 0 Å². The molecule has 2 saturated heterocycles. The maximum Gasteiger partial charge on any atom is 0.494 e. The summed E-state index contributed by atoms with van der Waals surface area (Å²) in [6, 6.07) is 52.0. The molecule has 0 aliphatic carbocycles. The summed E-state index contributed by atoms with van der Waals surface area (Å²) in [4.78, 5) is 0. The quantitative estimate of drug-likeness (QED) is 0.115. The van der Waals surface area contributed by atoms with E-state index in [1.165, 1.54) is 44.5 Å². The van der Waals surface area contributed by atoms with Crippen molar-refractivity contribution in [1.82, 2.24) is 0 Å². The van der Waals surface area contributed by atoms with Crippen LogP contribution < -0.4 is 10.9 Å². The molecule has 56 heavy (non-hydrogen) atoms. The SMILES string of the molecule is CC1(C)OB(c2ccc(-c3ccc(-c4ccc(/C=C\c5ccc(-c6ccc(-c7ccc(B8OC(C)(C)C(C)(C)O8)cc7)cc6)cc5)cc4)cc3)cc2)OC1(C)C. The zero-order valence-corrected chi connectivity index (χ0v) is 33.8. The molecule has 6 aromatic rings. The van der Waals surface area contributed by atoms with Gasteiger partial charge < -0.3 is 18.6 Å². The van der Waals surface area contributed by atoms with Gasteiger partial charge in [-0.05, 0) is 122 Å². The summed E-state index contributed by atoms with van der Waals surface area (Å²) in [5.41, 5.74) is 12.5. The second-order valence-electron chi connectivity index (χ2n) is 17.2. The summed E-state index contributed by atoms with van der Waals surface area (Å²) >= 11 is 0. The minimum Gasteiger partial charge on any atom is -0.399 e. The van der Waals surface area contributed by atoms with Crippen LogP contribution in [0.1, 0.15) is 66.5 Å². The first-order chi connectivity index (χ1) is 26.7. The van der Waals surface area contributed by atoms with E-state index in [0.29, 0.717) is 0 Å². The van der Waals surface area contributed by atoms with Crippen molar-refractivity contribution >= 4 is 37.3 Å². The van der Waals surface area contributed by atoms with Crippen molar-refractivity contribution in [3.8, 4) is 44.5 Å². The van der Waals surface area contributed by atoms with Gasteiger partial charge in [-0.2, -0.15) is 0 Å². The van der Waals surface area contributed by atoms with Gasteiger partial charge in [0.05, 0.1) is 22.4 Å². The van der Waals surface area contributed by atoms with Crippen LogP contribution in [-0.2, 0) is 18.6 Å². The molecule has 4 nitrogen and oxygen atoms in total. The van der Waals surface area contributed by atoms with Crippen LogP contribution in [-0.4, -0.2) is 36.6 Å². The van der Waals surface area contributed by atoms with Crippen molar-refractivity contribution in [2.45, 2.75) is 77.8 Å². The molecule has 0 N–H and O–H groups in total.